The van der Waals surface area contributed by atoms with E-state index in [-0.39, 0.29) is 5.91 Å². The number of benzene rings is 1. The summed E-state index contributed by atoms with van der Waals surface area (Å²) < 4.78 is 5.29. The third-order valence-corrected chi connectivity index (χ3v) is 4.22. The summed E-state index contributed by atoms with van der Waals surface area (Å²) in [7, 11) is 0. The van der Waals surface area contributed by atoms with E-state index in [4.69, 9.17) is 4.74 Å². The van der Waals surface area contributed by atoms with Crippen LogP contribution in [-0.4, -0.2) is 48.6 Å². The number of amides is 1. The molecule has 1 fully saturated rings. The average Bonchev–Trinajstić information content (AvgIpc) is 2.63. The maximum Gasteiger partial charge on any atom is 0.238 e. The number of carbonyl (C=O) groups is 1. The number of aromatic nitrogens is 1. The van der Waals surface area contributed by atoms with Crippen molar-refractivity contribution in [2.24, 2.45) is 0 Å². The molecule has 1 aliphatic heterocycles. The fourth-order valence-corrected chi connectivity index (χ4v) is 2.72. The molecule has 0 unspecified atom stereocenters. The van der Waals surface area contributed by atoms with Crippen LogP contribution >= 0.6 is 0 Å². The number of morpholine rings is 1. The number of carbonyl (C=O) groups excluding carboxylic acids is 1. The summed E-state index contributed by atoms with van der Waals surface area (Å²) in [5.74, 6) is 0.00622. The monoisotopic (exact) mass is 340 g/mol. The summed E-state index contributed by atoms with van der Waals surface area (Å²) in [5, 5.41) is 6.29. The number of hydrogen-bond donors (Lipinski definition) is 2. The molecule has 1 amide bonds. The Morgan fingerprint density at radius 2 is 1.88 bits per heavy atom. The Kier molecular flexibility index (Phi) is 5.98. The summed E-state index contributed by atoms with van der Waals surface area (Å²) in [4.78, 5) is 18.6. The van der Waals surface area contributed by atoms with E-state index in [0.29, 0.717) is 26.3 Å². The zero-order chi connectivity index (χ0) is 17.5. The predicted molar refractivity (Wildman–Crippen MR) is 98.6 cm³/mol. The SMILES string of the molecule is Cc1cccnc1CNc1ccc(NC(=O)CN2CCOCC2)cc1. The van der Waals surface area contributed by atoms with Crippen molar-refractivity contribution in [1.29, 1.82) is 0 Å². The van der Waals surface area contributed by atoms with Gasteiger partial charge in [0.2, 0.25) is 5.91 Å². The van der Waals surface area contributed by atoms with Crippen LogP contribution in [0.3, 0.4) is 0 Å². The lowest BCUT2D eigenvalue weighted by Gasteiger charge is -2.25. The number of hydrogen-bond acceptors (Lipinski definition) is 5. The number of anilines is 2. The van der Waals surface area contributed by atoms with E-state index in [0.717, 1.165) is 30.2 Å². The lowest BCUT2D eigenvalue weighted by atomic mass is 10.2. The van der Waals surface area contributed by atoms with Gasteiger partial charge in [-0.05, 0) is 42.8 Å². The van der Waals surface area contributed by atoms with E-state index in [1.807, 2.05) is 30.3 Å². The smallest absolute Gasteiger partial charge is 0.238 e. The predicted octanol–water partition coefficient (Wildman–Crippen LogP) is 2.27. The van der Waals surface area contributed by atoms with Crippen molar-refractivity contribution in [1.82, 2.24) is 9.88 Å². The molecule has 132 valence electrons. The first-order valence-corrected chi connectivity index (χ1v) is 8.55. The highest BCUT2D eigenvalue weighted by Gasteiger charge is 2.14. The minimum Gasteiger partial charge on any atom is -0.379 e. The third-order valence-electron chi connectivity index (χ3n) is 4.22. The van der Waals surface area contributed by atoms with Crippen molar-refractivity contribution < 1.29 is 9.53 Å². The minimum absolute atomic E-state index is 0.00622. The number of rotatable bonds is 6. The fourth-order valence-electron chi connectivity index (χ4n) is 2.72. The van der Waals surface area contributed by atoms with E-state index >= 15 is 0 Å². The van der Waals surface area contributed by atoms with Crippen LogP contribution in [0.1, 0.15) is 11.3 Å². The van der Waals surface area contributed by atoms with Crippen LogP contribution in [0.25, 0.3) is 0 Å². The molecule has 2 heterocycles. The second-order valence-corrected chi connectivity index (χ2v) is 6.13. The molecule has 0 atom stereocenters. The molecule has 0 bridgehead atoms. The molecule has 2 aromatic rings. The number of nitrogens with zero attached hydrogens (tertiary/aromatic N) is 2. The molecule has 1 saturated heterocycles. The van der Waals surface area contributed by atoms with Crippen LogP contribution in [0.15, 0.2) is 42.6 Å². The van der Waals surface area contributed by atoms with Crippen molar-refractivity contribution in [2.45, 2.75) is 13.5 Å². The van der Waals surface area contributed by atoms with Crippen molar-refractivity contribution in [3.63, 3.8) is 0 Å². The van der Waals surface area contributed by atoms with Crippen LogP contribution in [0.2, 0.25) is 0 Å². The molecule has 6 nitrogen and oxygen atoms in total. The molecular weight excluding hydrogens is 316 g/mol. The Morgan fingerprint density at radius 3 is 2.60 bits per heavy atom. The Hall–Kier alpha value is -2.44. The first-order valence-electron chi connectivity index (χ1n) is 8.55. The van der Waals surface area contributed by atoms with Gasteiger partial charge < -0.3 is 15.4 Å². The maximum absolute atomic E-state index is 12.1. The minimum atomic E-state index is 0.00622. The Balaban J connectivity index is 1.48. The van der Waals surface area contributed by atoms with E-state index in [1.54, 1.807) is 6.20 Å². The highest BCUT2D eigenvalue weighted by Crippen LogP contribution is 2.15. The van der Waals surface area contributed by atoms with Gasteiger partial charge in [-0.15, -0.1) is 0 Å². The number of nitrogens with one attached hydrogen (secondary N) is 2. The van der Waals surface area contributed by atoms with Crippen LogP contribution in [0, 0.1) is 6.92 Å². The summed E-state index contributed by atoms with van der Waals surface area (Å²) in [6, 6.07) is 11.7. The number of aryl methyl sites for hydroxylation is 1. The standard InChI is InChI=1S/C19H24N4O2/c1-15-3-2-8-20-18(15)13-21-16-4-6-17(7-5-16)22-19(24)14-23-9-11-25-12-10-23/h2-8,21H,9-14H2,1H3,(H,22,24). The van der Waals surface area contributed by atoms with Crippen LogP contribution < -0.4 is 10.6 Å². The Labute approximate surface area is 148 Å². The molecule has 0 saturated carbocycles. The van der Waals surface area contributed by atoms with Gasteiger partial charge in [0, 0.05) is 30.7 Å². The molecule has 2 N–H and O–H groups in total. The van der Waals surface area contributed by atoms with Gasteiger partial charge in [0.1, 0.15) is 0 Å². The zero-order valence-electron chi connectivity index (χ0n) is 14.5. The number of ether oxygens (including phenoxy) is 1. The maximum atomic E-state index is 12.1. The molecule has 1 aromatic carbocycles. The first-order chi connectivity index (χ1) is 12.2. The lowest BCUT2D eigenvalue weighted by Crippen LogP contribution is -2.41. The third kappa shape index (κ3) is 5.27. The van der Waals surface area contributed by atoms with Gasteiger partial charge in [-0.2, -0.15) is 0 Å². The normalized spacial score (nSPS) is 14.9. The highest BCUT2D eigenvalue weighted by atomic mass is 16.5. The molecule has 1 aromatic heterocycles. The van der Waals surface area contributed by atoms with Crippen molar-refractivity contribution in [2.75, 3.05) is 43.5 Å². The summed E-state index contributed by atoms with van der Waals surface area (Å²) in [5.41, 5.74) is 4.00. The van der Waals surface area contributed by atoms with E-state index in [2.05, 4.69) is 33.5 Å². The molecule has 25 heavy (non-hydrogen) atoms. The second-order valence-electron chi connectivity index (χ2n) is 6.13. The van der Waals surface area contributed by atoms with Crippen LogP contribution in [0.4, 0.5) is 11.4 Å². The molecule has 0 radical (unpaired) electrons. The zero-order valence-corrected chi connectivity index (χ0v) is 14.5. The molecule has 6 heteroatoms. The largest absolute Gasteiger partial charge is 0.379 e. The number of pyridine rings is 1. The quantitative estimate of drug-likeness (QED) is 0.844. The second kappa shape index (κ2) is 8.60. The topological polar surface area (TPSA) is 66.5 Å². The van der Waals surface area contributed by atoms with E-state index in [9.17, 15) is 4.79 Å². The van der Waals surface area contributed by atoms with E-state index < -0.39 is 0 Å². The molecule has 3 rings (SSSR count). The van der Waals surface area contributed by atoms with Crippen molar-refractivity contribution in [3.05, 3.63) is 53.9 Å². The van der Waals surface area contributed by atoms with E-state index in [1.165, 1.54) is 5.56 Å². The van der Waals surface area contributed by atoms with Crippen LogP contribution in [-0.2, 0) is 16.1 Å². The summed E-state index contributed by atoms with van der Waals surface area (Å²) in [6.45, 7) is 6.15. The van der Waals surface area contributed by atoms with Crippen molar-refractivity contribution >= 4 is 17.3 Å². The van der Waals surface area contributed by atoms with Gasteiger partial charge in [0.25, 0.3) is 0 Å². The molecule has 0 spiro atoms. The van der Waals surface area contributed by atoms with Crippen LogP contribution in [0.5, 0.6) is 0 Å². The first kappa shape index (κ1) is 17.4. The molecule has 1 aliphatic rings. The Morgan fingerprint density at radius 1 is 1.16 bits per heavy atom. The van der Waals surface area contributed by atoms with Gasteiger partial charge in [-0.3, -0.25) is 14.7 Å². The van der Waals surface area contributed by atoms with Gasteiger partial charge in [0.05, 0.1) is 32.0 Å². The highest BCUT2D eigenvalue weighted by molar-refractivity contribution is 5.92. The van der Waals surface area contributed by atoms with Gasteiger partial charge >= 0.3 is 0 Å². The van der Waals surface area contributed by atoms with Gasteiger partial charge in [-0.1, -0.05) is 6.07 Å². The average molecular weight is 340 g/mol. The summed E-state index contributed by atoms with van der Waals surface area (Å²) in [6.07, 6.45) is 1.80. The summed E-state index contributed by atoms with van der Waals surface area (Å²) >= 11 is 0. The lowest BCUT2D eigenvalue weighted by molar-refractivity contribution is -0.118. The van der Waals surface area contributed by atoms with Crippen molar-refractivity contribution in [3.8, 4) is 0 Å². The fraction of sp³-hybridized carbons (Fsp3) is 0.368. The molecule has 0 aliphatic carbocycles. The van der Waals surface area contributed by atoms with Gasteiger partial charge in [-0.25, -0.2) is 0 Å². The Bertz CT molecular complexity index is 697. The molecular formula is C19H24N4O2. The van der Waals surface area contributed by atoms with Gasteiger partial charge in [0.15, 0.2) is 0 Å².